The highest BCUT2D eigenvalue weighted by Gasteiger charge is 2.01. The number of nitrogens with zero attached hydrogens (tertiary/aromatic N) is 3. The van der Waals surface area contributed by atoms with Gasteiger partial charge in [0, 0.05) is 6.20 Å². The molecule has 0 aliphatic carbocycles. The second kappa shape index (κ2) is 2.46. The maximum atomic E-state index is 8.89. The van der Waals surface area contributed by atoms with Crippen LogP contribution < -0.4 is 5.73 Å². The Kier molecular flexibility index (Phi) is 1.44. The lowest BCUT2D eigenvalue weighted by molar-refractivity contribution is 0.276. The summed E-state index contributed by atoms with van der Waals surface area (Å²) in [5.41, 5.74) is 6.75. The Balaban J connectivity index is 2.75. The van der Waals surface area contributed by atoms with Crippen LogP contribution >= 0.6 is 0 Å². The zero-order valence-corrected chi connectivity index (χ0v) is 6.31. The Labute approximate surface area is 68.5 Å². The Morgan fingerprint density at radius 1 is 1.42 bits per heavy atom. The average molecular weight is 164 g/mol. The molecule has 0 aromatic carbocycles. The van der Waals surface area contributed by atoms with Crippen LogP contribution in [0.4, 0.5) is 5.69 Å². The fourth-order valence-corrected chi connectivity index (χ4v) is 1.05. The van der Waals surface area contributed by atoms with Crippen LogP contribution in [-0.4, -0.2) is 19.5 Å². The monoisotopic (exact) mass is 164 g/mol. The van der Waals surface area contributed by atoms with E-state index in [1.165, 1.54) is 6.20 Å². The van der Waals surface area contributed by atoms with Gasteiger partial charge >= 0.3 is 0 Å². The third-order valence-corrected chi connectivity index (χ3v) is 1.62. The highest BCUT2D eigenvalue weighted by Crippen LogP contribution is 2.06. The van der Waals surface area contributed by atoms with Crippen molar-refractivity contribution in [1.29, 1.82) is 0 Å². The average Bonchev–Trinajstić information content (AvgIpc) is 2.46. The number of hydrogen-bond acceptors (Lipinski definition) is 4. The minimum Gasteiger partial charge on any atom is -0.396 e. The van der Waals surface area contributed by atoms with Gasteiger partial charge in [-0.15, -0.1) is 0 Å². The zero-order chi connectivity index (χ0) is 8.55. The number of imidazole rings is 1. The molecule has 12 heavy (non-hydrogen) atoms. The molecule has 0 saturated heterocycles. The van der Waals surface area contributed by atoms with E-state index in [4.69, 9.17) is 10.8 Å². The van der Waals surface area contributed by atoms with Crippen molar-refractivity contribution < 1.29 is 5.11 Å². The Hall–Kier alpha value is -1.62. The molecule has 2 aromatic rings. The lowest BCUT2D eigenvalue weighted by Gasteiger charge is -1.97. The summed E-state index contributed by atoms with van der Waals surface area (Å²) in [5.74, 6) is 0.549. The molecule has 0 atom stereocenters. The van der Waals surface area contributed by atoms with Crippen LogP contribution in [0.2, 0.25) is 0 Å². The first-order chi connectivity index (χ1) is 5.81. The smallest absolute Gasteiger partial charge is 0.234 e. The number of rotatable bonds is 1. The van der Waals surface area contributed by atoms with E-state index in [0.717, 1.165) is 0 Å². The van der Waals surface area contributed by atoms with E-state index in [1.807, 2.05) is 0 Å². The molecular weight excluding hydrogens is 156 g/mol. The number of nitrogens with two attached hydrogens (primary N) is 1. The molecule has 0 radical (unpaired) electrons. The summed E-state index contributed by atoms with van der Waals surface area (Å²) in [6.45, 7) is -0.0632. The molecule has 3 N–H and O–H groups in total. The maximum absolute atomic E-state index is 8.89. The number of anilines is 1. The van der Waals surface area contributed by atoms with Crippen LogP contribution in [0, 0.1) is 0 Å². The zero-order valence-electron chi connectivity index (χ0n) is 6.31. The summed E-state index contributed by atoms with van der Waals surface area (Å²) in [4.78, 5) is 7.93. The van der Waals surface area contributed by atoms with Gasteiger partial charge in [-0.3, -0.25) is 4.40 Å². The summed E-state index contributed by atoms with van der Waals surface area (Å²) in [6.07, 6.45) is 4.78. The second-order valence-electron chi connectivity index (χ2n) is 2.46. The van der Waals surface area contributed by atoms with Gasteiger partial charge in [-0.25, -0.2) is 9.97 Å². The number of aliphatic hydroxyl groups is 1. The maximum Gasteiger partial charge on any atom is 0.234 e. The first-order valence-electron chi connectivity index (χ1n) is 3.49. The molecule has 62 valence electrons. The fraction of sp³-hybridized carbons (Fsp3) is 0.143. The number of hydrogen-bond donors (Lipinski definition) is 2. The molecule has 5 nitrogen and oxygen atoms in total. The molecule has 0 spiro atoms. The van der Waals surface area contributed by atoms with Crippen molar-refractivity contribution in [3.63, 3.8) is 0 Å². The van der Waals surface area contributed by atoms with E-state index in [9.17, 15) is 0 Å². The van der Waals surface area contributed by atoms with Gasteiger partial charge in [0.05, 0.1) is 30.4 Å². The number of aromatic nitrogens is 3. The lowest BCUT2D eigenvalue weighted by Crippen LogP contribution is -1.96. The lowest BCUT2D eigenvalue weighted by atomic mass is 10.5. The van der Waals surface area contributed by atoms with Crippen LogP contribution in [0.1, 0.15) is 5.69 Å². The highest BCUT2D eigenvalue weighted by atomic mass is 16.3. The number of aliphatic hydroxyl groups excluding tert-OH is 1. The third kappa shape index (κ3) is 0.911. The van der Waals surface area contributed by atoms with Crippen LogP contribution in [0.3, 0.4) is 0 Å². The molecule has 0 fully saturated rings. The summed E-state index contributed by atoms with van der Waals surface area (Å²) >= 11 is 0. The van der Waals surface area contributed by atoms with E-state index in [2.05, 4.69) is 9.97 Å². The van der Waals surface area contributed by atoms with E-state index in [0.29, 0.717) is 17.2 Å². The minimum absolute atomic E-state index is 0.0632. The first kappa shape index (κ1) is 7.05. The van der Waals surface area contributed by atoms with E-state index < -0.39 is 0 Å². The van der Waals surface area contributed by atoms with Crippen molar-refractivity contribution in [2.24, 2.45) is 0 Å². The predicted octanol–water partition coefficient (Wildman–Crippen LogP) is -0.196. The Morgan fingerprint density at radius 3 is 2.92 bits per heavy atom. The molecule has 0 unspecified atom stereocenters. The van der Waals surface area contributed by atoms with Gasteiger partial charge in [-0.05, 0) is 0 Å². The van der Waals surface area contributed by atoms with Crippen molar-refractivity contribution in [1.82, 2.24) is 14.4 Å². The first-order valence-corrected chi connectivity index (χ1v) is 3.49. The van der Waals surface area contributed by atoms with Crippen LogP contribution in [0.15, 0.2) is 18.6 Å². The third-order valence-electron chi connectivity index (χ3n) is 1.62. The molecule has 2 rings (SSSR count). The molecule has 0 saturated carbocycles. The summed E-state index contributed by atoms with van der Waals surface area (Å²) < 4.78 is 1.66. The SMILES string of the molecule is Nc1cnc2ncc(CO)n2c1. The largest absolute Gasteiger partial charge is 0.396 e. The summed E-state index contributed by atoms with van der Waals surface area (Å²) in [7, 11) is 0. The van der Waals surface area contributed by atoms with E-state index >= 15 is 0 Å². The Bertz CT molecular complexity index is 409. The quantitative estimate of drug-likeness (QED) is 0.612. The van der Waals surface area contributed by atoms with Gasteiger partial charge in [-0.2, -0.15) is 0 Å². The fourth-order valence-electron chi connectivity index (χ4n) is 1.05. The topological polar surface area (TPSA) is 76.4 Å². The van der Waals surface area contributed by atoms with Gasteiger partial charge in [0.2, 0.25) is 5.78 Å². The molecule has 0 aliphatic heterocycles. The Morgan fingerprint density at radius 2 is 2.17 bits per heavy atom. The molecule has 2 aromatic heterocycles. The normalized spacial score (nSPS) is 10.8. The summed E-state index contributed by atoms with van der Waals surface area (Å²) in [6, 6.07) is 0. The van der Waals surface area contributed by atoms with Crippen molar-refractivity contribution in [2.45, 2.75) is 6.61 Å². The van der Waals surface area contributed by atoms with E-state index in [1.54, 1.807) is 16.8 Å². The van der Waals surface area contributed by atoms with Gasteiger partial charge in [0.1, 0.15) is 0 Å². The van der Waals surface area contributed by atoms with Crippen molar-refractivity contribution in [3.05, 3.63) is 24.3 Å². The second-order valence-corrected chi connectivity index (χ2v) is 2.46. The van der Waals surface area contributed by atoms with Gasteiger partial charge in [-0.1, -0.05) is 0 Å². The van der Waals surface area contributed by atoms with Crippen molar-refractivity contribution >= 4 is 11.5 Å². The van der Waals surface area contributed by atoms with Gasteiger partial charge in [0.25, 0.3) is 0 Å². The predicted molar refractivity (Wildman–Crippen MR) is 43.3 cm³/mol. The molecular formula is C7H8N4O. The van der Waals surface area contributed by atoms with Gasteiger partial charge < -0.3 is 10.8 Å². The molecule has 2 heterocycles. The van der Waals surface area contributed by atoms with Crippen LogP contribution in [-0.2, 0) is 6.61 Å². The summed E-state index contributed by atoms with van der Waals surface area (Å²) in [5, 5.41) is 8.89. The highest BCUT2D eigenvalue weighted by molar-refractivity contribution is 5.40. The van der Waals surface area contributed by atoms with Crippen molar-refractivity contribution in [2.75, 3.05) is 5.73 Å². The number of fused-ring (bicyclic) bond motifs is 1. The number of nitrogen functional groups attached to an aromatic ring is 1. The van der Waals surface area contributed by atoms with Crippen LogP contribution in [0.25, 0.3) is 5.78 Å². The van der Waals surface area contributed by atoms with E-state index in [-0.39, 0.29) is 6.61 Å². The molecule has 0 aliphatic rings. The molecule has 0 amide bonds. The molecule has 5 heteroatoms. The molecule has 0 bridgehead atoms. The van der Waals surface area contributed by atoms with Gasteiger partial charge in [0.15, 0.2) is 0 Å². The van der Waals surface area contributed by atoms with Crippen LogP contribution in [0.5, 0.6) is 0 Å². The minimum atomic E-state index is -0.0632. The van der Waals surface area contributed by atoms with Crippen molar-refractivity contribution in [3.8, 4) is 0 Å². The standard InChI is InChI=1S/C7H8N4O/c8-5-1-9-7-10-2-6(4-12)11(7)3-5/h1-3,12H,4,8H2.